The zero-order valence-corrected chi connectivity index (χ0v) is 10.3. The van der Waals surface area contributed by atoms with E-state index >= 15 is 0 Å². The SMILES string of the molecule is COC(=O)CCCCc1cc2c(O)cccc2o1. The van der Waals surface area contributed by atoms with Gasteiger partial charge < -0.3 is 14.3 Å². The number of carbonyl (C=O) groups excluding carboxylic acids is 1. The molecule has 0 bridgehead atoms. The summed E-state index contributed by atoms with van der Waals surface area (Å²) in [4.78, 5) is 10.9. The van der Waals surface area contributed by atoms with Crippen LogP contribution in [0.3, 0.4) is 0 Å². The number of furan rings is 1. The number of methoxy groups -OCH3 is 1. The lowest BCUT2D eigenvalue weighted by Crippen LogP contribution is -1.99. The van der Waals surface area contributed by atoms with Gasteiger partial charge in [-0.15, -0.1) is 0 Å². The summed E-state index contributed by atoms with van der Waals surface area (Å²) in [5.41, 5.74) is 0.693. The fourth-order valence-electron chi connectivity index (χ4n) is 1.89. The Bertz CT molecular complexity index is 542. The fourth-order valence-corrected chi connectivity index (χ4v) is 1.89. The Morgan fingerprint density at radius 1 is 1.39 bits per heavy atom. The van der Waals surface area contributed by atoms with Crippen molar-refractivity contribution >= 4 is 16.9 Å². The molecule has 0 spiro atoms. The summed E-state index contributed by atoms with van der Waals surface area (Å²) in [6.45, 7) is 0. The zero-order chi connectivity index (χ0) is 13.0. The summed E-state index contributed by atoms with van der Waals surface area (Å²) in [5.74, 6) is 0.880. The van der Waals surface area contributed by atoms with Crippen molar-refractivity contribution in [1.29, 1.82) is 0 Å². The molecule has 1 aromatic heterocycles. The first-order chi connectivity index (χ1) is 8.70. The van der Waals surface area contributed by atoms with Gasteiger partial charge >= 0.3 is 5.97 Å². The summed E-state index contributed by atoms with van der Waals surface area (Å²) in [6.07, 6.45) is 2.82. The van der Waals surface area contributed by atoms with Gasteiger partial charge in [0.1, 0.15) is 17.1 Å². The van der Waals surface area contributed by atoms with Gasteiger partial charge in [-0.1, -0.05) is 6.07 Å². The highest BCUT2D eigenvalue weighted by Gasteiger charge is 2.07. The van der Waals surface area contributed by atoms with E-state index in [1.807, 2.05) is 12.1 Å². The molecule has 18 heavy (non-hydrogen) atoms. The second-order valence-electron chi connectivity index (χ2n) is 4.18. The van der Waals surface area contributed by atoms with E-state index in [1.165, 1.54) is 7.11 Å². The monoisotopic (exact) mass is 248 g/mol. The minimum atomic E-state index is -0.183. The van der Waals surface area contributed by atoms with E-state index in [0.717, 1.165) is 30.4 Å². The van der Waals surface area contributed by atoms with Gasteiger partial charge in [0, 0.05) is 12.8 Å². The van der Waals surface area contributed by atoms with Gasteiger partial charge in [0.2, 0.25) is 0 Å². The van der Waals surface area contributed by atoms with Crippen molar-refractivity contribution in [3.63, 3.8) is 0 Å². The van der Waals surface area contributed by atoms with E-state index in [0.29, 0.717) is 12.0 Å². The quantitative estimate of drug-likeness (QED) is 0.652. The molecule has 0 aliphatic heterocycles. The molecule has 1 heterocycles. The van der Waals surface area contributed by atoms with Crippen LogP contribution in [0.4, 0.5) is 0 Å². The highest BCUT2D eigenvalue weighted by Crippen LogP contribution is 2.28. The van der Waals surface area contributed by atoms with Crippen LogP contribution in [0.2, 0.25) is 0 Å². The number of hydrogen-bond acceptors (Lipinski definition) is 4. The fraction of sp³-hybridized carbons (Fsp3) is 0.357. The largest absolute Gasteiger partial charge is 0.507 e. The van der Waals surface area contributed by atoms with Crippen LogP contribution in [-0.4, -0.2) is 18.2 Å². The summed E-state index contributed by atoms with van der Waals surface area (Å²) >= 11 is 0. The van der Waals surface area contributed by atoms with Gasteiger partial charge in [-0.2, -0.15) is 0 Å². The maximum atomic E-state index is 10.9. The Hall–Kier alpha value is -1.97. The molecule has 4 nitrogen and oxygen atoms in total. The number of carbonyl (C=O) groups is 1. The van der Waals surface area contributed by atoms with E-state index in [9.17, 15) is 9.90 Å². The van der Waals surface area contributed by atoms with Crippen LogP contribution < -0.4 is 0 Å². The Labute approximate surface area is 105 Å². The van der Waals surface area contributed by atoms with Crippen molar-refractivity contribution in [3.05, 3.63) is 30.0 Å². The second-order valence-corrected chi connectivity index (χ2v) is 4.18. The van der Waals surface area contributed by atoms with Crippen molar-refractivity contribution in [2.24, 2.45) is 0 Å². The molecule has 1 aromatic carbocycles. The molecule has 0 aliphatic rings. The van der Waals surface area contributed by atoms with E-state index in [-0.39, 0.29) is 11.7 Å². The van der Waals surface area contributed by atoms with Crippen LogP contribution in [0.1, 0.15) is 25.0 Å². The number of phenolic OH excluding ortho intramolecular Hbond substituents is 1. The van der Waals surface area contributed by atoms with E-state index in [4.69, 9.17) is 4.42 Å². The smallest absolute Gasteiger partial charge is 0.305 e. The highest BCUT2D eigenvalue weighted by molar-refractivity contribution is 5.84. The number of fused-ring (bicyclic) bond motifs is 1. The zero-order valence-electron chi connectivity index (χ0n) is 10.3. The van der Waals surface area contributed by atoms with Gasteiger partial charge in [0.05, 0.1) is 12.5 Å². The molecule has 4 heteroatoms. The molecule has 0 radical (unpaired) electrons. The first-order valence-electron chi connectivity index (χ1n) is 5.98. The first-order valence-corrected chi connectivity index (χ1v) is 5.98. The minimum Gasteiger partial charge on any atom is -0.507 e. The van der Waals surface area contributed by atoms with Crippen LogP contribution in [-0.2, 0) is 16.0 Å². The minimum absolute atomic E-state index is 0.183. The van der Waals surface area contributed by atoms with Crippen molar-refractivity contribution in [1.82, 2.24) is 0 Å². The molecule has 0 unspecified atom stereocenters. The van der Waals surface area contributed by atoms with Crippen LogP contribution in [0.5, 0.6) is 5.75 Å². The summed E-state index contributed by atoms with van der Waals surface area (Å²) in [6, 6.07) is 7.07. The Morgan fingerprint density at radius 3 is 2.94 bits per heavy atom. The molecule has 0 aliphatic carbocycles. The maximum Gasteiger partial charge on any atom is 0.305 e. The molecule has 1 N–H and O–H groups in total. The van der Waals surface area contributed by atoms with Gasteiger partial charge in [0.25, 0.3) is 0 Å². The number of esters is 1. The molecule has 0 saturated carbocycles. The third-order valence-corrected chi connectivity index (χ3v) is 2.87. The van der Waals surface area contributed by atoms with E-state index in [1.54, 1.807) is 12.1 Å². The summed E-state index contributed by atoms with van der Waals surface area (Å²) in [7, 11) is 1.39. The number of unbranched alkanes of at least 4 members (excludes halogenated alkanes) is 1. The maximum absolute atomic E-state index is 10.9. The van der Waals surface area contributed by atoms with Crippen molar-refractivity contribution < 1.29 is 19.1 Å². The molecular weight excluding hydrogens is 232 g/mol. The van der Waals surface area contributed by atoms with Crippen molar-refractivity contribution in [2.45, 2.75) is 25.7 Å². The number of aromatic hydroxyl groups is 1. The lowest BCUT2D eigenvalue weighted by Gasteiger charge is -1.98. The average molecular weight is 248 g/mol. The molecular formula is C14H16O4. The molecule has 2 aromatic rings. The van der Waals surface area contributed by atoms with Gasteiger partial charge in [-0.3, -0.25) is 4.79 Å². The number of hydrogen-bond donors (Lipinski definition) is 1. The summed E-state index contributed by atoms with van der Waals surface area (Å²) in [5, 5.41) is 10.4. The number of rotatable bonds is 5. The molecule has 0 fully saturated rings. The number of benzene rings is 1. The molecule has 0 saturated heterocycles. The van der Waals surface area contributed by atoms with E-state index in [2.05, 4.69) is 4.74 Å². The van der Waals surface area contributed by atoms with Gasteiger partial charge in [-0.25, -0.2) is 0 Å². The normalized spacial score (nSPS) is 10.7. The lowest BCUT2D eigenvalue weighted by molar-refractivity contribution is -0.140. The standard InChI is InChI=1S/C14H16O4/c1-17-14(16)8-3-2-5-10-9-11-12(15)6-4-7-13(11)18-10/h4,6-7,9,15H,2-3,5,8H2,1H3. The summed E-state index contributed by atoms with van der Waals surface area (Å²) < 4.78 is 10.2. The Morgan fingerprint density at radius 2 is 2.22 bits per heavy atom. The van der Waals surface area contributed by atoms with Crippen molar-refractivity contribution in [3.8, 4) is 5.75 Å². The molecule has 96 valence electrons. The molecule has 2 rings (SSSR count). The van der Waals surface area contributed by atoms with Gasteiger partial charge in [0.15, 0.2) is 0 Å². The average Bonchev–Trinajstić information content (AvgIpc) is 2.79. The van der Waals surface area contributed by atoms with Crippen LogP contribution in [0, 0.1) is 0 Å². The lowest BCUT2D eigenvalue weighted by atomic mass is 10.1. The second kappa shape index (κ2) is 5.58. The topological polar surface area (TPSA) is 59.7 Å². The highest BCUT2D eigenvalue weighted by atomic mass is 16.5. The number of ether oxygens (including phenoxy) is 1. The van der Waals surface area contributed by atoms with Crippen molar-refractivity contribution in [2.75, 3.05) is 7.11 Å². The first kappa shape index (κ1) is 12.5. The van der Waals surface area contributed by atoms with Gasteiger partial charge in [-0.05, 0) is 31.0 Å². The third kappa shape index (κ3) is 2.83. The van der Waals surface area contributed by atoms with Crippen LogP contribution >= 0.6 is 0 Å². The molecule has 0 atom stereocenters. The van der Waals surface area contributed by atoms with E-state index < -0.39 is 0 Å². The van der Waals surface area contributed by atoms with Crippen LogP contribution in [0.15, 0.2) is 28.7 Å². The van der Waals surface area contributed by atoms with Crippen LogP contribution in [0.25, 0.3) is 11.0 Å². The number of aryl methyl sites for hydroxylation is 1. The number of phenols is 1. The predicted octanol–water partition coefficient (Wildman–Crippen LogP) is 3.02. The Kier molecular flexibility index (Phi) is 3.87. The molecule has 0 amide bonds. The third-order valence-electron chi connectivity index (χ3n) is 2.87. The Balaban J connectivity index is 1.92. The predicted molar refractivity (Wildman–Crippen MR) is 67.4 cm³/mol.